The minimum Gasteiger partial charge on any atom is -0.497 e. The summed E-state index contributed by atoms with van der Waals surface area (Å²) in [5, 5.41) is 2.22. The molecule has 0 atom stereocenters. The van der Waals surface area contributed by atoms with Gasteiger partial charge in [0.05, 0.1) is 12.8 Å². The molecule has 0 saturated carbocycles. The molecule has 5 nitrogen and oxygen atoms in total. The number of rotatable bonds is 8. The second-order valence-electron chi connectivity index (χ2n) is 7.32. The second kappa shape index (κ2) is 9.41. The Morgan fingerprint density at radius 1 is 0.969 bits per heavy atom. The lowest BCUT2D eigenvalue weighted by molar-refractivity contribution is 0.415. The molecule has 1 aromatic heterocycles. The quantitative estimate of drug-likeness (QED) is 0.238. The molecule has 168 valence electrons. The highest BCUT2D eigenvalue weighted by Crippen LogP contribution is 2.33. The molecular formula is C23H21Br2FN2O3S. The number of nitrogens with zero attached hydrogens (tertiary/aromatic N) is 2. The van der Waals surface area contributed by atoms with Crippen LogP contribution in [0, 0.1) is 0 Å². The van der Waals surface area contributed by atoms with E-state index in [1.54, 1.807) is 24.3 Å². The van der Waals surface area contributed by atoms with Crippen LogP contribution >= 0.6 is 31.9 Å². The van der Waals surface area contributed by atoms with Crippen LogP contribution in [-0.2, 0) is 16.6 Å². The highest BCUT2D eigenvalue weighted by Gasteiger charge is 2.23. The minimum absolute atomic E-state index is 0.146. The van der Waals surface area contributed by atoms with E-state index in [4.69, 9.17) is 4.74 Å². The Hall–Kier alpha value is -2.10. The van der Waals surface area contributed by atoms with Crippen molar-refractivity contribution in [3.05, 3.63) is 69.6 Å². The summed E-state index contributed by atoms with van der Waals surface area (Å²) >= 11 is 7.09. The summed E-state index contributed by atoms with van der Waals surface area (Å²) in [6.45, 7) is 0.721. The molecule has 32 heavy (non-hydrogen) atoms. The molecule has 0 unspecified atom stereocenters. The van der Waals surface area contributed by atoms with Crippen molar-refractivity contribution in [1.29, 1.82) is 0 Å². The Labute approximate surface area is 203 Å². The number of aromatic nitrogens is 1. The maximum absolute atomic E-state index is 13.4. The van der Waals surface area contributed by atoms with Crippen molar-refractivity contribution < 1.29 is 17.5 Å². The lowest BCUT2D eigenvalue weighted by Crippen LogP contribution is -2.33. The maximum Gasteiger partial charge on any atom is 0.264 e. The lowest BCUT2D eigenvalue weighted by Gasteiger charge is -2.23. The Kier molecular flexibility index (Phi) is 6.78. The molecule has 0 N–H and O–H groups in total. The zero-order valence-electron chi connectivity index (χ0n) is 17.3. The number of anilines is 1. The van der Waals surface area contributed by atoms with Crippen LogP contribution < -0.4 is 9.04 Å². The fourth-order valence-electron chi connectivity index (χ4n) is 3.92. The summed E-state index contributed by atoms with van der Waals surface area (Å²) in [4.78, 5) is 0. The van der Waals surface area contributed by atoms with Crippen LogP contribution in [-0.4, -0.2) is 32.6 Å². The van der Waals surface area contributed by atoms with E-state index >= 15 is 0 Å². The number of sulfonamides is 1. The number of halogens is 3. The predicted molar refractivity (Wildman–Crippen MR) is 135 cm³/mol. The van der Waals surface area contributed by atoms with E-state index in [0.29, 0.717) is 24.4 Å². The normalized spacial score (nSPS) is 11.9. The molecule has 0 saturated heterocycles. The summed E-state index contributed by atoms with van der Waals surface area (Å²) in [6.07, 6.45) is 0.501. The first-order valence-corrected chi connectivity index (χ1v) is 13.1. The van der Waals surface area contributed by atoms with Gasteiger partial charge in [0.1, 0.15) is 5.75 Å². The Bertz CT molecular complexity index is 1330. The molecule has 0 aliphatic rings. The Morgan fingerprint density at radius 3 is 2.16 bits per heavy atom. The lowest BCUT2D eigenvalue weighted by atomic mass is 10.2. The molecule has 0 aliphatic heterocycles. The number of methoxy groups -OCH3 is 1. The van der Waals surface area contributed by atoms with E-state index in [1.165, 1.54) is 7.11 Å². The van der Waals surface area contributed by atoms with Crippen molar-refractivity contribution in [2.24, 2.45) is 0 Å². The van der Waals surface area contributed by atoms with Crippen molar-refractivity contribution in [1.82, 2.24) is 4.57 Å². The van der Waals surface area contributed by atoms with E-state index in [2.05, 4.69) is 48.6 Å². The van der Waals surface area contributed by atoms with Gasteiger partial charge in [0.25, 0.3) is 10.0 Å². The number of fused-ring (bicyclic) bond motifs is 3. The van der Waals surface area contributed by atoms with Gasteiger partial charge in [-0.25, -0.2) is 12.8 Å². The SMILES string of the molecule is COc1cccc(N(CCCn2c3ccc(Br)cc3c3cc(Br)ccc32)S(=O)(=O)CF)c1. The predicted octanol–water partition coefficient (Wildman–Crippen LogP) is 6.48. The van der Waals surface area contributed by atoms with E-state index < -0.39 is 16.0 Å². The summed E-state index contributed by atoms with van der Waals surface area (Å²) in [5.74, 6) is 0.514. The summed E-state index contributed by atoms with van der Waals surface area (Å²) < 4.78 is 48.9. The number of hydrogen-bond acceptors (Lipinski definition) is 3. The van der Waals surface area contributed by atoms with Crippen molar-refractivity contribution in [2.75, 3.05) is 24.0 Å². The third-order valence-electron chi connectivity index (χ3n) is 5.35. The molecular weight excluding hydrogens is 563 g/mol. The molecule has 9 heteroatoms. The summed E-state index contributed by atoms with van der Waals surface area (Å²) in [7, 11) is -2.58. The van der Waals surface area contributed by atoms with Crippen molar-refractivity contribution in [3.8, 4) is 5.75 Å². The zero-order valence-corrected chi connectivity index (χ0v) is 21.3. The second-order valence-corrected chi connectivity index (χ2v) is 11.0. The van der Waals surface area contributed by atoms with Crippen molar-refractivity contribution in [2.45, 2.75) is 13.0 Å². The van der Waals surface area contributed by atoms with E-state index in [-0.39, 0.29) is 6.54 Å². The van der Waals surface area contributed by atoms with E-state index in [0.717, 1.165) is 35.1 Å². The van der Waals surface area contributed by atoms with E-state index in [9.17, 15) is 12.8 Å². The van der Waals surface area contributed by atoms with Gasteiger partial charge in [0, 0.05) is 49.9 Å². The zero-order chi connectivity index (χ0) is 22.9. The van der Waals surface area contributed by atoms with Gasteiger partial charge in [-0.15, -0.1) is 0 Å². The standard InChI is InChI=1S/C23H21Br2FN2O3S/c1-31-19-5-2-4-18(14-19)28(32(29,30)15-26)11-3-10-27-22-8-6-16(24)12-20(22)21-13-17(25)7-9-23(21)27/h2,4-9,12-14H,3,10-11,15H2,1H3. The Balaban J connectivity index is 1.67. The fraction of sp³-hybridized carbons (Fsp3) is 0.217. The molecule has 0 fully saturated rings. The van der Waals surface area contributed by atoms with Gasteiger partial charge in [-0.2, -0.15) is 0 Å². The summed E-state index contributed by atoms with van der Waals surface area (Å²) in [6, 6.07) is 17.4. The fourth-order valence-corrected chi connectivity index (χ4v) is 5.60. The maximum atomic E-state index is 13.4. The molecule has 4 rings (SSSR count). The first kappa shape index (κ1) is 23.1. The first-order chi connectivity index (χ1) is 15.3. The van der Waals surface area contributed by atoms with Crippen LogP contribution in [0.2, 0.25) is 0 Å². The smallest absolute Gasteiger partial charge is 0.264 e. The van der Waals surface area contributed by atoms with Crippen LogP contribution in [0.25, 0.3) is 21.8 Å². The monoisotopic (exact) mass is 582 g/mol. The summed E-state index contributed by atoms with van der Waals surface area (Å²) in [5.41, 5.74) is 2.50. The number of benzene rings is 3. The topological polar surface area (TPSA) is 51.5 Å². The van der Waals surface area contributed by atoms with Crippen molar-refractivity contribution >= 4 is 69.4 Å². The number of ether oxygens (including phenoxy) is 1. The highest BCUT2D eigenvalue weighted by atomic mass is 79.9. The average molecular weight is 584 g/mol. The molecule has 0 radical (unpaired) electrons. The first-order valence-electron chi connectivity index (χ1n) is 9.91. The van der Waals surface area contributed by atoms with Gasteiger partial charge in [-0.3, -0.25) is 4.31 Å². The highest BCUT2D eigenvalue weighted by molar-refractivity contribution is 9.10. The van der Waals surface area contributed by atoms with Gasteiger partial charge in [0.2, 0.25) is 6.01 Å². The number of hydrogen-bond donors (Lipinski definition) is 0. The Morgan fingerprint density at radius 2 is 1.59 bits per heavy atom. The molecule has 0 spiro atoms. The number of alkyl halides is 1. The van der Waals surface area contributed by atoms with E-state index in [1.807, 2.05) is 24.3 Å². The molecule has 4 aromatic rings. The molecule has 1 heterocycles. The third kappa shape index (κ3) is 4.51. The average Bonchev–Trinajstić information content (AvgIpc) is 3.08. The van der Waals surface area contributed by atoms with Crippen LogP contribution in [0.15, 0.2) is 69.6 Å². The molecule has 3 aromatic carbocycles. The van der Waals surface area contributed by atoms with Gasteiger partial charge in [-0.1, -0.05) is 37.9 Å². The van der Waals surface area contributed by atoms with Gasteiger partial charge in [-0.05, 0) is 55.0 Å². The number of aryl methyl sites for hydroxylation is 1. The van der Waals surface area contributed by atoms with Gasteiger partial charge in [0.15, 0.2) is 0 Å². The molecule has 0 bridgehead atoms. The van der Waals surface area contributed by atoms with Crippen LogP contribution in [0.3, 0.4) is 0 Å². The molecule has 0 amide bonds. The largest absolute Gasteiger partial charge is 0.497 e. The van der Waals surface area contributed by atoms with Crippen LogP contribution in [0.5, 0.6) is 5.75 Å². The van der Waals surface area contributed by atoms with Gasteiger partial charge >= 0.3 is 0 Å². The minimum atomic E-state index is -4.09. The van der Waals surface area contributed by atoms with Crippen molar-refractivity contribution in [3.63, 3.8) is 0 Å². The molecule has 0 aliphatic carbocycles. The van der Waals surface area contributed by atoms with Gasteiger partial charge < -0.3 is 9.30 Å². The third-order valence-corrected chi connectivity index (χ3v) is 7.67. The van der Waals surface area contributed by atoms with Crippen LogP contribution in [0.1, 0.15) is 6.42 Å². The van der Waals surface area contributed by atoms with Crippen LogP contribution in [0.4, 0.5) is 10.1 Å².